The van der Waals surface area contributed by atoms with Crippen molar-refractivity contribution in [2.45, 2.75) is 70.1 Å². The zero-order chi connectivity index (χ0) is 23.1. The van der Waals surface area contributed by atoms with Gasteiger partial charge in [-0.25, -0.2) is 0 Å². The van der Waals surface area contributed by atoms with Crippen molar-refractivity contribution in [3.05, 3.63) is 61.1 Å². The zero-order valence-corrected chi connectivity index (χ0v) is 20.6. The number of hydrogen-bond donors (Lipinski definition) is 0. The average molecular weight is 499 g/mol. The van der Waals surface area contributed by atoms with E-state index < -0.39 is 0 Å². The molecule has 0 saturated carbocycles. The minimum atomic E-state index is -0.382. The first-order chi connectivity index (χ1) is 16.0. The summed E-state index contributed by atoms with van der Waals surface area (Å²) in [6.45, 7) is 0. The summed E-state index contributed by atoms with van der Waals surface area (Å²) in [5.41, 5.74) is 3.92. The lowest BCUT2D eigenvalue weighted by molar-refractivity contribution is -0.119. The molecule has 1 aromatic heterocycles. The quantitative estimate of drug-likeness (QED) is 0.442. The highest BCUT2D eigenvalue weighted by Crippen LogP contribution is 2.48. The van der Waals surface area contributed by atoms with E-state index >= 15 is 0 Å². The maximum Gasteiger partial charge on any atom is 0.232 e. The summed E-state index contributed by atoms with van der Waals surface area (Å²) in [7, 11) is 0. The van der Waals surface area contributed by atoms with Crippen LogP contribution in [-0.2, 0) is 22.4 Å². The molecule has 4 nitrogen and oxygen atoms in total. The number of aryl methyl sites for hydroxylation is 1. The molecular formula is C26H24Cl2N2O2S. The Balaban J connectivity index is 1.66. The number of hydrogen-bond acceptors (Lipinski definition) is 4. The van der Waals surface area contributed by atoms with E-state index in [0.29, 0.717) is 45.4 Å². The van der Waals surface area contributed by atoms with Crippen molar-refractivity contribution in [1.29, 1.82) is 5.26 Å². The number of thiophene rings is 1. The van der Waals surface area contributed by atoms with Crippen molar-refractivity contribution >= 4 is 51.2 Å². The monoisotopic (exact) mass is 498 g/mol. The van der Waals surface area contributed by atoms with Gasteiger partial charge in [-0.3, -0.25) is 14.5 Å². The SMILES string of the molecule is N#Cc1c(N2C(=O)C[C@H](c3ccc(Cl)cc3Cl)C3=C2CCCC3=O)sc2c1CCCCCC2. The van der Waals surface area contributed by atoms with Crippen LogP contribution in [0.3, 0.4) is 0 Å². The van der Waals surface area contributed by atoms with Crippen LogP contribution < -0.4 is 4.90 Å². The van der Waals surface area contributed by atoms with Crippen LogP contribution in [0.5, 0.6) is 0 Å². The highest BCUT2D eigenvalue weighted by Gasteiger charge is 2.42. The molecule has 33 heavy (non-hydrogen) atoms. The third-order valence-corrected chi connectivity index (χ3v) is 8.82. The van der Waals surface area contributed by atoms with Crippen molar-refractivity contribution in [3.8, 4) is 6.07 Å². The molecule has 0 spiro atoms. The number of carbonyl (C=O) groups is 2. The van der Waals surface area contributed by atoms with Crippen molar-refractivity contribution in [2.75, 3.05) is 4.90 Å². The lowest BCUT2D eigenvalue weighted by Crippen LogP contribution is -2.40. The minimum Gasteiger partial charge on any atom is -0.294 e. The standard InChI is InChI=1S/C26H24Cl2N2O2S/c27-15-10-11-16(20(28)12-15)18-13-24(32)30(21-7-5-8-22(31)25(18)21)26-19(14-29)17-6-3-1-2-4-9-23(17)33-26/h10-12,18H,1-9,13H2/t18-/m1/s1. The lowest BCUT2D eigenvalue weighted by Gasteiger charge is -2.38. The van der Waals surface area contributed by atoms with Crippen molar-refractivity contribution in [3.63, 3.8) is 0 Å². The normalized spacial score (nSPS) is 21.2. The van der Waals surface area contributed by atoms with Crippen LogP contribution in [0.15, 0.2) is 29.5 Å². The molecule has 2 heterocycles. The minimum absolute atomic E-state index is 0.0678. The molecule has 1 atom stereocenters. The van der Waals surface area contributed by atoms with Crippen LogP contribution in [-0.4, -0.2) is 11.7 Å². The zero-order valence-electron chi connectivity index (χ0n) is 18.3. The molecule has 170 valence electrons. The summed E-state index contributed by atoms with van der Waals surface area (Å²) in [4.78, 5) is 29.8. The molecule has 1 amide bonds. The van der Waals surface area contributed by atoms with E-state index in [9.17, 15) is 14.9 Å². The maximum atomic E-state index is 13.6. The molecule has 2 aliphatic carbocycles. The number of carbonyl (C=O) groups excluding carboxylic acids is 2. The summed E-state index contributed by atoms with van der Waals surface area (Å²) in [5, 5.41) is 11.8. The molecule has 0 N–H and O–H groups in total. The van der Waals surface area contributed by atoms with Crippen molar-refractivity contribution in [2.24, 2.45) is 0 Å². The van der Waals surface area contributed by atoms with E-state index in [0.717, 1.165) is 42.5 Å². The molecule has 2 aromatic rings. The Kier molecular flexibility index (Phi) is 6.35. The van der Waals surface area contributed by atoms with Gasteiger partial charge in [0.2, 0.25) is 5.91 Å². The molecule has 0 saturated heterocycles. The average Bonchev–Trinajstić information content (AvgIpc) is 3.09. The summed E-state index contributed by atoms with van der Waals surface area (Å²) in [6, 6.07) is 7.64. The van der Waals surface area contributed by atoms with E-state index in [-0.39, 0.29) is 24.0 Å². The van der Waals surface area contributed by atoms with Gasteiger partial charge in [-0.15, -0.1) is 11.3 Å². The molecule has 1 aliphatic heterocycles. The molecule has 1 aromatic carbocycles. The molecule has 7 heteroatoms. The lowest BCUT2D eigenvalue weighted by atomic mass is 9.77. The van der Waals surface area contributed by atoms with Crippen molar-refractivity contribution in [1.82, 2.24) is 0 Å². The Labute approximate surface area is 207 Å². The van der Waals surface area contributed by atoms with Crippen LogP contribution in [0.2, 0.25) is 10.0 Å². The Hall–Kier alpha value is -2.13. The van der Waals surface area contributed by atoms with Gasteiger partial charge in [-0.05, 0) is 61.8 Å². The molecule has 0 bridgehead atoms. The van der Waals surface area contributed by atoms with Crippen LogP contribution in [0, 0.1) is 11.3 Å². The predicted molar refractivity (Wildman–Crippen MR) is 132 cm³/mol. The maximum absolute atomic E-state index is 13.6. The van der Waals surface area contributed by atoms with Gasteiger partial charge in [-0.2, -0.15) is 5.26 Å². The number of ketones is 1. The molecule has 5 rings (SSSR count). The van der Waals surface area contributed by atoms with E-state index in [1.165, 1.54) is 17.7 Å². The van der Waals surface area contributed by atoms with Gasteiger partial charge < -0.3 is 0 Å². The number of benzene rings is 1. The predicted octanol–water partition coefficient (Wildman–Crippen LogP) is 7.11. The van der Waals surface area contributed by atoms with Gasteiger partial charge in [0.25, 0.3) is 0 Å². The van der Waals surface area contributed by atoms with Crippen LogP contribution >= 0.6 is 34.5 Å². The highest BCUT2D eigenvalue weighted by molar-refractivity contribution is 7.16. The number of Topliss-reactive ketones (excluding diaryl/α,β-unsaturated/α-hetero) is 1. The Bertz CT molecular complexity index is 1220. The van der Waals surface area contributed by atoms with Crippen LogP contribution in [0.4, 0.5) is 5.00 Å². The largest absolute Gasteiger partial charge is 0.294 e. The first-order valence-electron chi connectivity index (χ1n) is 11.6. The Morgan fingerprint density at radius 3 is 2.55 bits per heavy atom. The second-order valence-electron chi connectivity index (χ2n) is 9.00. The number of rotatable bonds is 2. The van der Waals surface area contributed by atoms with E-state index in [2.05, 4.69) is 6.07 Å². The molecule has 0 fully saturated rings. The fourth-order valence-corrected chi connectivity index (χ4v) is 7.38. The molecule has 0 unspecified atom stereocenters. The first-order valence-corrected chi connectivity index (χ1v) is 13.2. The van der Waals surface area contributed by atoms with Crippen LogP contribution in [0.1, 0.15) is 78.9 Å². The van der Waals surface area contributed by atoms with E-state index in [4.69, 9.17) is 23.2 Å². The number of fused-ring (bicyclic) bond motifs is 1. The molecular weight excluding hydrogens is 475 g/mol. The molecule has 3 aliphatic rings. The van der Waals surface area contributed by atoms with Crippen LogP contribution in [0.25, 0.3) is 0 Å². The summed E-state index contributed by atoms with van der Waals surface area (Å²) >= 11 is 14.2. The fourth-order valence-electron chi connectivity index (χ4n) is 5.46. The van der Waals surface area contributed by atoms with Gasteiger partial charge in [0.15, 0.2) is 5.78 Å². The van der Waals surface area contributed by atoms with E-state index in [1.807, 2.05) is 6.07 Å². The number of anilines is 1. The third-order valence-electron chi connectivity index (χ3n) is 6.98. The van der Waals surface area contributed by atoms with Gasteiger partial charge >= 0.3 is 0 Å². The summed E-state index contributed by atoms with van der Waals surface area (Å²) < 4.78 is 0. The second-order valence-corrected chi connectivity index (χ2v) is 10.9. The smallest absolute Gasteiger partial charge is 0.232 e. The summed E-state index contributed by atoms with van der Waals surface area (Å²) in [5.74, 6) is -0.392. The number of halogens is 2. The van der Waals surface area contributed by atoms with Gasteiger partial charge in [-0.1, -0.05) is 42.1 Å². The fraction of sp³-hybridized carbons (Fsp3) is 0.423. The number of nitrogens with zero attached hydrogens (tertiary/aromatic N) is 2. The summed E-state index contributed by atoms with van der Waals surface area (Å²) in [6.07, 6.45) is 8.33. The van der Waals surface area contributed by atoms with Gasteiger partial charge in [0.05, 0.1) is 5.56 Å². The van der Waals surface area contributed by atoms with Crippen molar-refractivity contribution < 1.29 is 9.59 Å². The number of nitriles is 1. The number of amides is 1. The van der Waals surface area contributed by atoms with E-state index in [1.54, 1.807) is 28.4 Å². The number of allylic oxidation sites excluding steroid dienone is 2. The Morgan fingerprint density at radius 1 is 1.00 bits per heavy atom. The third kappa shape index (κ3) is 4.03. The molecule has 0 radical (unpaired) electrons. The topological polar surface area (TPSA) is 61.2 Å². The van der Waals surface area contributed by atoms with Gasteiger partial charge in [0.1, 0.15) is 11.1 Å². The first kappa shape index (κ1) is 22.7. The highest BCUT2D eigenvalue weighted by atomic mass is 35.5. The Morgan fingerprint density at radius 2 is 1.79 bits per heavy atom. The second kappa shape index (κ2) is 9.25. The van der Waals surface area contributed by atoms with Gasteiger partial charge in [0, 0.05) is 45.0 Å².